The summed E-state index contributed by atoms with van der Waals surface area (Å²) in [5.41, 5.74) is 8.55. The second-order valence-corrected chi connectivity index (χ2v) is 8.02. The van der Waals surface area contributed by atoms with Crippen LogP contribution in [0, 0.1) is 11.3 Å². The highest BCUT2D eigenvalue weighted by Crippen LogP contribution is 2.28. The molecule has 10 heteroatoms. The normalized spacial score (nSPS) is 11.8. The van der Waals surface area contributed by atoms with E-state index in [1.165, 1.54) is 6.20 Å². The van der Waals surface area contributed by atoms with E-state index in [-0.39, 0.29) is 22.9 Å². The van der Waals surface area contributed by atoms with Crippen LogP contribution in [0.3, 0.4) is 0 Å². The molecule has 0 spiro atoms. The predicted molar refractivity (Wildman–Crippen MR) is 133 cm³/mol. The monoisotopic (exact) mass is 463 g/mol. The molecule has 2 aromatic carbocycles. The first-order valence-electron chi connectivity index (χ1n) is 10.9. The SMILES string of the molecule is CC(Nc1nc(N)ncc1C#N)c1nc2cccc(-c3cnn(C)c3)c2c(=O)n1-c1ccccc1. The van der Waals surface area contributed by atoms with Crippen molar-refractivity contribution in [3.05, 3.63) is 88.9 Å². The Kier molecular flexibility index (Phi) is 5.43. The first-order chi connectivity index (χ1) is 17.0. The highest BCUT2D eigenvalue weighted by atomic mass is 16.1. The standard InChI is InChI=1S/C25H21N9O/c1-15(30-22-16(11-26)12-28-25(27)32-22)23-31-20-10-6-9-19(17-13-29-33(2)14-17)21(20)24(35)34(23)18-7-4-3-5-8-18/h3-10,12-15H,1-2H3,(H3,27,28,30,32). The molecule has 3 heterocycles. The molecule has 0 aliphatic rings. The third-order valence-electron chi connectivity index (χ3n) is 5.62. The molecule has 1 unspecified atom stereocenters. The second kappa shape index (κ2) is 8.72. The van der Waals surface area contributed by atoms with Gasteiger partial charge in [-0.3, -0.25) is 14.0 Å². The summed E-state index contributed by atoms with van der Waals surface area (Å²) in [5, 5.41) is 17.4. The van der Waals surface area contributed by atoms with Crippen molar-refractivity contribution in [1.82, 2.24) is 29.3 Å². The smallest absolute Gasteiger partial charge is 0.266 e. The zero-order valence-corrected chi connectivity index (χ0v) is 19.0. The maximum Gasteiger partial charge on any atom is 0.266 e. The Morgan fingerprint density at radius 3 is 2.60 bits per heavy atom. The molecule has 0 fully saturated rings. The number of nitrogens with two attached hydrogens (primary N) is 1. The van der Waals surface area contributed by atoms with Crippen LogP contribution in [0.2, 0.25) is 0 Å². The summed E-state index contributed by atoms with van der Waals surface area (Å²) in [7, 11) is 1.83. The van der Waals surface area contributed by atoms with Gasteiger partial charge in [0.25, 0.3) is 5.56 Å². The van der Waals surface area contributed by atoms with E-state index >= 15 is 0 Å². The van der Waals surface area contributed by atoms with Gasteiger partial charge in [0, 0.05) is 18.8 Å². The number of aryl methyl sites for hydroxylation is 1. The van der Waals surface area contributed by atoms with E-state index in [0.29, 0.717) is 22.4 Å². The van der Waals surface area contributed by atoms with Crippen molar-refractivity contribution in [3.8, 4) is 22.9 Å². The quantitative estimate of drug-likeness (QED) is 0.405. The third kappa shape index (κ3) is 3.95. The highest BCUT2D eigenvalue weighted by molar-refractivity contribution is 5.94. The molecule has 172 valence electrons. The Hall–Kier alpha value is -5.04. The molecule has 0 amide bonds. The van der Waals surface area contributed by atoms with Gasteiger partial charge < -0.3 is 11.1 Å². The molecule has 3 N–H and O–H groups in total. The van der Waals surface area contributed by atoms with E-state index in [9.17, 15) is 10.1 Å². The lowest BCUT2D eigenvalue weighted by molar-refractivity contribution is 0.730. The molecule has 0 radical (unpaired) electrons. The Morgan fingerprint density at radius 1 is 1.09 bits per heavy atom. The molecular formula is C25H21N9O. The number of nitriles is 1. The maximum absolute atomic E-state index is 14.1. The Labute approximate surface area is 200 Å². The Balaban J connectivity index is 1.74. The number of rotatable bonds is 5. The minimum Gasteiger partial charge on any atom is -0.368 e. The summed E-state index contributed by atoms with van der Waals surface area (Å²) in [5.74, 6) is 0.760. The van der Waals surface area contributed by atoms with Gasteiger partial charge in [-0.2, -0.15) is 15.3 Å². The van der Waals surface area contributed by atoms with Crippen molar-refractivity contribution in [1.29, 1.82) is 5.26 Å². The number of aromatic nitrogens is 6. The van der Waals surface area contributed by atoms with Gasteiger partial charge in [-0.25, -0.2) is 9.97 Å². The summed E-state index contributed by atoms with van der Waals surface area (Å²) in [6.07, 6.45) is 4.94. The first-order valence-corrected chi connectivity index (χ1v) is 10.9. The summed E-state index contributed by atoms with van der Waals surface area (Å²) in [4.78, 5) is 27.0. The largest absolute Gasteiger partial charge is 0.368 e. The molecule has 1 atom stereocenters. The van der Waals surface area contributed by atoms with Crippen LogP contribution in [-0.2, 0) is 7.05 Å². The van der Waals surface area contributed by atoms with Crippen LogP contribution < -0.4 is 16.6 Å². The number of hydrogen-bond donors (Lipinski definition) is 2. The molecule has 35 heavy (non-hydrogen) atoms. The fraction of sp³-hybridized carbons (Fsp3) is 0.120. The lowest BCUT2D eigenvalue weighted by atomic mass is 10.0. The van der Waals surface area contributed by atoms with Crippen LogP contribution in [0.15, 0.2) is 71.9 Å². The number of anilines is 2. The van der Waals surface area contributed by atoms with E-state index in [1.807, 2.05) is 68.7 Å². The molecule has 0 aliphatic heterocycles. The molecule has 10 nitrogen and oxygen atoms in total. The van der Waals surface area contributed by atoms with E-state index in [1.54, 1.807) is 15.4 Å². The number of benzene rings is 2. The fourth-order valence-corrected chi connectivity index (χ4v) is 4.02. The average molecular weight is 464 g/mol. The van der Waals surface area contributed by atoms with Gasteiger partial charge in [-0.1, -0.05) is 30.3 Å². The molecule has 0 saturated carbocycles. The van der Waals surface area contributed by atoms with E-state index in [2.05, 4.69) is 26.5 Å². The lowest BCUT2D eigenvalue weighted by Crippen LogP contribution is -2.28. The molecule has 3 aromatic heterocycles. The molecule has 0 aliphatic carbocycles. The van der Waals surface area contributed by atoms with Crippen LogP contribution in [0.5, 0.6) is 0 Å². The van der Waals surface area contributed by atoms with Crippen LogP contribution in [0.1, 0.15) is 24.4 Å². The average Bonchev–Trinajstić information content (AvgIpc) is 3.30. The number of hydrogen-bond acceptors (Lipinski definition) is 8. The molecule has 0 bridgehead atoms. The van der Waals surface area contributed by atoms with Gasteiger partial charge in [0.15, 0.2) is 0 Å². The van der Waals surface area contributed by atoms with Gasteiger partial charge in [-0.05, 0) is 30.7 Å². The second-order valence-electron chi connectivity index (χ2n) is 8.02. The van der Waals surface area contributed by atoms with Crippen LogP contribution in [0.25, 0.3) is 27.7 Å². The lowest BCUT2D eigenvalue weighted by Gasteiger charge is -2.21. The first kappa shape index (κ1) is 21.8. The van der Waals surface area contributed by atoms with Crippen molar-refractivity contribution >= 4 is 22.7 Å². The van der Waals surface area contributed by atoms with Gasteiger partial charge in [0.05, 0.1) is 35.0 Å². The van der Waals surface area contributed by atoms with Crippen molar-refractivity contribution < 1.29 is 0 Å². The number of nitrogen functional groups attached to an aromatic ring is 1. The van der Waals surface area contributed by atoms with Crippen molar-refractivity contribution in [3.63, 3.8) is 0 Å². The summed E-state index contributed by atoms with van der Waals surface area (Å²) in [6.45, 7) is 1.84. The van der Waals surface area contributed by atoms with Crippen molar-refractivity contribution in [2.24, 2.45) is 7.05 Å². The van der Waals surface area contributed by atoms with Gasteiger partial charge in [-0.15, -0.1) is 0 Å². The minimum atomic E-state index is -0.504. The number of nitrogens with zero attached hydrogens (tertiary/aromatic N) is 7. The molecular weight excluding hydrogens is 442 g/mol. The molecule has 5 rings (SSSR count). The van der Waals surface area contributed by atoms with Crippen LogP contribution in [-0.4, -0.2) is 29.3 Å². The van der Waals surface area contributed by atoms with Crippen molar-refractivity contribution in [2.45, 2.75) is 13.0 Å². The highest BCUT2D eigenvalue weighted by Gasteiger charge is 2.21. The third-order valence-corrected chi connectivity index (χ3v) is 5.62. The van der Waals surface area contributed by atoms with E-state index < -0.39 is 6.04 Å². The fourth-order valence-electron chi connectivity index (χ4n) is 4.02. The topological polar surface area (TPSA) is 140 Å². The number of para-hydroxylation sites is 1. The van der Waals surface area contributed by atoms with E-state index in [4.69, 9.17) is 10.7 Å². The Morgan fingerprint density at radius 2 is 1.89 bits per heavy atom. The Bertz CT molecular complexity index is 1650. The van der Waals surface area contributed by atoms with Crippen LogP contribution in [0.4, 0.5) is 11.8 Å². The van der Waals surface area contributed by atoms with Crippen molar-refractivity contribution in [2.75, 3.05) is 11.1 Å². The summed E-state index contributed by atoms with van der Waals surface area (Å²) < 4.78 is 3.27. The minimum absolute atomic E-state index is 0.0340. The summed E-state index contributed by atoms with van der Waals surface area (Å²) >= 11 is 0. The van der Waals surface area contributed by atoms with Gasteiger partial charge in [0.1, 0.15) is 23.3 Å². The predicted octanol–water partition coefficient (Wildman–Crippen LogP) is 3.20. The molecule has 5 aromatic rings. The molecule has 0 saturated heterocycles. The van der Waals surface area contributed by atoms with Gasteiger partial charge >= 0.3 is 0 Å². The zero-order valence-electron chi connectivity index (χ0n) is 19.0. The van der Waals surface area contributed by atoms with E-state index in [0.717, 1.165) is 11.1 Å². The van der Waals surface area contributed by atoms with Gasteiger partial charge in [0.2, 0.25) is 5.95 Å². The maximum atomic E-state index is 14.1. The van der Waals surface area contributed by atoms with Crippen LogP contribution >= 0.6 is 0 Å². The number of nitrogens with one attached hydrogen (secondary N) is 1. The number of fused-ring (bicyclic) bond motifs is 1. The zero-order chi connectivity index (χ0) is 24.5. The summed E-state index contributed by atoms with van der Waals surface area (Å²) in [6, 6.07) is 16.4.